The SMILES string of the molecule is COCc1cc(-c2cc(C(=O)O)c(C)cc2C)n[nH]1. The van der Waals surface area contributed by atoms with E-state index in [9.17, 15) is 4.79 Å². The van der Waals surface area contributed by atoms with E-state index in [-0.39, 0.29) is 0 Å². The number of aromatic carboxylic acids is 1. The van der Waals surface area contributed by atoms with Crippen LogP contribution in [0.5, 0.6) is 0 Å². The van der Waals surface area contributed by atoms with Crippen LogP contribution >= 0.6 is 0 Å². The van der Waals surface area contributed by atoms with Gasteiger partial charge in [0.05, 0.1) is 23.6 Å². The van der Waals surface area contributed by atoms with E-state index in [1.807, 2.05) is 19.1 Å². The fraction of sp³-hybridized carbons (Fsp3) is 0.286. The molecule has 0 aliphatic carbocycles. The van der Waals surface area contributed by atoms with Crippen LogP contribution in [-0.2, 0) is 11.3 Å². The van der Waals surface area contributed by atoms with Crippen LogP contribution in [0.15, 0.2) is 18.2 Å². The number of rotatable bonds is 4. The third-order valence-electron chi connectivity index (χ3n) is 3.01. The van der Waals surface area contributed by atoms with Crippen molar-refractivity contribution in [2.75, 3.05) is 7.11 Å². The lowest BCUT2D eigenvalue weighted by Crippen LogP contribution is -2.01. The predicted molar refractivity (Wildman–Crippen MR) is 71.2 cm³/mol. The fourth-order valence-corrected chi connectivity index (χ4v) is 2.09. The number of hydrogen-bond donors (Lipinski definition) is 2. The van der Waals surface area contributed by atoms with Crippen molar-refractivity contribution in [3.8, 4) is 11.3 Å². The Hall–Kier alpha value is -2.14. The lowest BCUT2D eigenvalue weighted by atomic mass is 9.98. The maximum atomic E-state index is 11.2. The summed E-state index contributed by atoms with van der Waals surface area (Å²) in [5.41, 5.74) is 4.46. The molecule has 0 aliphatic heterocycles. The molecule has 2 rings (SSSR count). The maximum Gasteiger partial charge on any atom is 0.335 e. The molecule has 0 amide bonds. The van der Waals surface area contributed by atoms with Crippen molar-refractivity contribution in [2.24, 2.45) is 0 Å². The van der Waals surface area contributed by atoms with Crippen molar-refractivity contribution in [1.29, 1.82) is 0 Å². The molecule has 19 heavy (non-hydrogen) atoms. The smallest absolute Gasteiger partial charge is 0.335 e. The molecule has 100 valence electrons. The first-order chi connectivity index (χ1) is 9.02. The van der Waals surface area contributed by atoms with Crippen molar-refractivity contribution in [1.82, 2.24) is 10.2 Å². The van der Waals surface area contributed by atoms with Crippen LogP contribution in [0.25, 0.3) is 11.3 Å². The monoisotopic (exact) mass is 260 g/mol. The van der Waals surface area contributed by atoms with Gasteiger partial charge in [0.25, 0.3) is 0 Å². The third kappa shape index (κ3) is 2.66. The number of ether oxygens (including phenoxy) is 1. The molecule has 1 heterocycles. The van der Waals surface area contributed by atoms with Crippen molar-refractivity contribution < 1.29 is 14.6 Å². The van der Waals surface area contributed by atoms with E-state index in [1.165, 1.54) is 0 Å². The summed E-state index contributed by atoms with van der Waals surface area (Å²) in [6, 6.07) is 5.40. The molecule has 0 radical (unpaired) electrons. The number of aromatic nitrogens is 2. The number of carbonyl (C=O) groups is 1. The van der Waals surface area contributed by atoms with Crippen LogP contribution in [0, 0.1) is 13.8 Å². The van der Waals surface area contributed by atoms with E-state index in [4.69, 9.17) is 9.84 Å². The minimum atomic E-state index is -0.925. The van der Waals surface area contributed by atoms with Crippen molar-refractivity contribution in [2.45, 2.75) is 20.5 Å². The lowest BCUT2D eigenvalue weighted by molar-refractivity contribution is 0.0696. The molecule has 0 unspecified atom stereocenters. The number of methoxy groups -OCH3 is 1. The van der Waals surface area contributed by atoms with Crippen LogP contribution in [0.2, 0.25) is 0 Å². The molecule has 5 nitrogen and oxygen atoms in total. The number of aryl methyl sites for hydroxylation is 2. The summed E-state index contributed by atoms with van der Waals surface area (Å²) in [6.07, 6.45) is 0. The second-order valence-corrected chi connectivity index (χ2v) is 4.50. The molecule has 1 aromatic carbocycles. The number of H-pyrrole nitrogens is 1. The summed E-state index contributed by atoms with van der Waals surface area (Å²) in [7, 11) is 1.61. The largest absolute Gasteiger partial charge is 0.478 e. The van der Waals surface area contributed by atoms with Gasteiger partial charge in [0.2, 0.25) is 0 Å². The molecule has 2 N–H and O–H groups in total. The van der Waals surface area contributed by atoms with Gasteiger partial charge in [0.1, 0.15) is 0 Å². The summed E-state index contributed by atoms with van der Waals surface area (Å²) in [4.78, 5) is 11.2. The summed E-state index contributed by atoms with van der Waals surface area (Å²) in [6.45, 7) is 4.18. The first kappa shape index (κ1) is 13.3. The Labute approximate surface area is 111 Å². The van der Waals surface area contributed by atoms with Crippen molar-refractivity contribution in [3.05, 3.63) is 40.6 Å². The Morgan fingerprint density at radius 1 is 1.32 bits per heavy atom. The van der Waals surface area contributed by atoms with Gasteiger partial charge in [0, 0.05) is 12.7 Å². The summed E-state index contributed by atoms with van der Waals surface area (Å²) in [5.74, 6) is -0.925. The van der Waals surface area contributed by atoms with Gasteiger partial charge in [-0.3, -0.25) is 5.10 Å². The first-order valence-electron chi connectivity index (χ1n) is 5.91. The highest BCUT2D eigenvalue weighted by Crippen LogP contribution is 2.25. The topological polar surface area (TPSA) is 75.2 Å². The number of aromatic amines is 1. The molecular weight excluding hydrogens is 244 g/mol. The van der Waals surface area contributed by atoms with E-state index in [0.29, 0.717) is 12.2 Å². The molecule has 0 saturated heterocycles. The van der Waals surface area contributed by atoms with Gasteiger partial charge >= 0.3 is 5.97 Å². The fourth-order valence-electron chi connectivity index (χ4n) is 2.09. The molecule has 0 atom stereocenters. The number of nitrogens with zero attached hydrogens (tertiary/aromatic N) is 1. The van der Waals surface area contributed by atoms with E-state index >= 15 is 0 Å². The van der Waals surface area contributed by atoms with Crippen LogP contribution in [0.1, 0.15) is 27.2 Å². The number of nitrogens with one attached hydrogen (secondary N) is 1. The zero-order valence-electron chi connectivity index (χ0n) is 11.2. The maximum absolute atomic E-state index is 11.2. The Balaban J connectivity index is 2.48. The quantitative estimate of drug-likeness (QED) is 0.885. The molecule has 2 aromatic rings. The standard InChI is InChI=1S/C14H16N2O3/c1-8-4-9(2)12(14(17)18)6-11(8)13-5-10(7-19-3)15-16-13/h4-6H,7H2,1-3H3,(H,15,16)(H,17,18). The molecule has 1 aromatic heterocycles. The molecule has 0 saturated carbocycles. The van der Waals surface area contributed by atoms with Crippen LogP contribution in [0.4, 0.5) is 0 Å². The third-order valence-corrected chi connectivity index (χ3v) is 3.01. The molecule has 0 aliphatic rings. The van der Waals surface area contributed by atoms with Gasteiger partial charge in [-0.2, -0.15) is 5.10 Å². The Kier molecular flexibility index (Phi) is 3.66. The Morgan fingerprint density at radius 2 is 2.05 bits per heavy atom. The number of hydrogen-bond acceptors (Lipinski definition) is 3. The second kappa shape index (κ2) is 5.24. The molecular formula is C14H16N2O3. The van der Waals surface area contributed by atoms with Crippen LogP contribution in [0.3, 0.4) is 0 Å². The summed E-state index contributed by atoms with van der Waals surface area (Å²) < 4.78 is 5.02. The van der Waals surface area contributed by atoms with Gasteiger partial charge < -0.3 is 9.84 Å². The molecule has 0 spiro atoms. The molecule has 5 heteroatoms. The first-order valence-corrected chi connectivity index (χ1v) is 5.91. The summed E-state index contributed by atoms with van der Waals surface area (Å²) in [5, 5.41) is 16.2. The highest BCUT2D eigenvalue weighted by Gasteiger charge is 2.13. The van der Waals surface area contributed by atoms with E-state index in [0.717, 1.165) is 28.1 Å². The second-order valence-electron chi connectivity index (χ2n) is 4.50. The Bertz CT molecular complexity index is 617. The average Bonchev–Trinajstić information content (AvgIpc) is 2.77. The summed E-state index contributed by atoms with van der Waals surface area (Å²) >= 11 is 0. The highest BCUT2D eigenvalue weighted by atomic mass is 16.5. The van der Waals surface area contributed by atoms with Gasteiger partial charge in [-0.1, -0.05) is 6.07 Å². The zero-order valence-corrected chi connectivity index (χ0v) is 11.2. The van der Waals surface area contributed by atoms with Crippen LogP contribution in [-0.4, -0.2) is 28.4 Å². The van der Waals surface area contributed by atoms with Gasteiger partial charge in [0.15, 0.2) is 0 Å². The van der Waals surface area contributed by atoms with E-state index in [1.54, 1.807) is 20.1 Å². The minimum Gasteiger partial charge on any atom is -0.478 e. The normalized spacial score (nSPS) is 10.7. The zero-order chi connectivity index (χ0) is 14.0. The van der Waals surface area contributed by atoms with Gasteiger partial charge in [-0.15, -0.1) is 0 Å². The van der Waals surface area contributed by atoms with Gasteiger partial charge in [-0.25, -0.2) is 4.79 Å². The predicted octanol–water partition coefficient (Wildman–Crippen LogP) is 2.54. The lowest BCUT2D eigenvalue weighted by Gasteiger charge is -2.07. The number of benzene rings is 1. The molecule has 0 fully saturated rings. The van der Waals surface area contributed by atoms with Crippen molar-refractivity contribution in [3.63, 3.8) is 0 Å². The van der Waals surface area contributed by atoms with Crippen molar-refractivity contribution >= 4 is 5.97 Å². The van der Waals surface area contributed by atoms with Crippen LogP contribution < -0.4 is 0 Å². The number of carboxylic acid groups (broad SMARTS) is 1. The number of carboxylic acids is 1. The molecule has 0 bridgehead atoms. The highest BCUT2D eigenvalue weighted by molar-refractivity contribution is 5.91. The average molecular weight is 260 g/mol. The minimum absolute atomic E-state index is 0.303. The van der Waals surface area contributed by atoms with Gasteiger partial charge in [-0.05, 0) is 37.1 Å². The van der Waals surface area contributed by atoms with E-state index < -0.39 is 5.97 Å². The van der Waals surface area contributed by atoms with E-state index in [2.05, 4.69) is 10.2 Å². The Morgan fingerprint density at radius 3 is 2.68 bits per heavy atom.